The summed E-state index contributed by atoms with van der Waals surface area (Å²) in [5.74, 6) is 0.504. The smallest absolute Gasteiger partial charge is 0.247 e. The van der Waals surface area contributed by atoms with Gasteiger partial charge in [0.05, 0.1) is 0 Å². The highest BCUT2D eigenvalue weighted by atomic mass is 16.3. The molecule has 0 bridgehead atoms. The molecule has 1 fully saturated rings. The van der Waals surface area contributed by atoms with Gasteiger partial charge in [0, 0.05) is 24.7 Å². The normalized spacial score (nSPS) is 17.8. The zero-order valence-electron chi connectivity index (χ0n) is 14.7. The quantitative estimate of drug-likeness (QED) is 0.655. The molecule has 3 aromatic rings. The van der Waals surface area contributed by atoms with Gasteiger partial charge in [-0.05, 0) is 43.4 Å². The van der Waals surface area contributed by atoms with Crippen molar-refractivity contribution in [3.05, 3.63) is 72.1 Å². The Morgan fingerprint density at radius 1 is 1.12 bits per heavy atom. The van der Waals surface area contributed by atoms with Gasteiger partial charge < -0.3 is 9.32 Å². The Hall–Kier alpha value is -2.88. The van der Waals surface area contributed by atoms with Crippen LogP contribution in [0.2, 0.25) is 0 Å². The van der Waals surface area contributed by atoms with Crippen LogP contribution in [0.5, 0.6) is 0 Å². The molecule has 4 nitrogen and oxygen atoms in total. The Kier molecular flexibility index (Phi) is 4.82. The molecule has 4 heteroatoms. The Bertz CT molecular complexity index is 881. The van der Waals surface area contributed by atoms with Gasteiger partial charge >= 0.3 is 0 Å². The second-order valence-electron chi connectivity index (χ2n) is 6.72. The molecule has 2 aromatic carbocycles. The predicted octanol–water partition coefficient (Wildman–Crippen LogP) is 4.46. The number of fused-ring (bicyclic) bond motifs is 1. The summed E-state index contributed by atoms with van der Waals surface area (Å²) in [6.45, 7) is 0.814. The molecule has 2 heterocycles. The van der Waals surface area contributed by atoms with Gasteiger partial charge in [0.15, 0.2) is 5.58 Å². The average molecular weight is 346 g/mol. The van der Waals surface area contributed by atoms with E-state index in [1.54, 1.807) is 12.2 Å². The largest absolute Gasteiger partial charge is 0.437 e. The third-order valence-corrected chi connectivity index (χ3v) is 4.90. The van der Waals surface area contributed by atoms with Gasteiger partial charge in [-0.1, -0.05) is 42.5 Å². The van der Waals surface area contributed by atoms with Crippen molar-refractivity contribution in [3.8, 4) is 0 Å². The van der Waals surface area contributed by atoms with Gasteiger partial charge in [-0.2, -0.15) is 0 Å². The fourth-order valence-corrected chi connectivity index (χ4v) is 3.59. The highest BCUT2D eigenvalue weighted by Gasteiger charge is 2.25. The molecule has 1 aromatic heterocycles. The lowest BCUT2D eigenvalue weighted by Gasteiger charge is -2.35. The van der Waals surface area contributed by atoms with Gasteiger partial charge in [-0.3, -0.25) is 4.79 Å². The maximum absolute atomic E-state index is 12.8. The Morgan fingerprint density at radius 2 is 1.92 bits per heavy atom. The summed E-state index contributed by atoms with van der Waals surface area (Å²) in [5.41, 5.74) is 2.82. The Morgan fingerprint density at radius 3 is 2.77 bits per heavy atom. The first-order valence-corrected chi connectivity index (χ1v) is 9.18. The van der Waals surface area contributed by atoms with E-state index >= 15 is 0 Å². The number of amides is 1. The van der Waals surface area contributed by atoms with E-state index < -0.39 is 0 Å². The van der Waals surface area contributed by atoms with E-state index in [1.807, 2.05) is 35.2 Å². The van der Waals surface area contributed by atoms with Crippen LogP contribution >= 0.6 is 0 Å². The number of oxazole rings is 1. The van der Waals surface area contributed by atoms with E-state index in [2.05, 4.69) is 29.2 Å². The topological polar surface area (TPSA) is 46.3 Å². The maximum atomic E-state index is 12.8. The van der Waals surface area contributed by atoms with E-state index in [4.69, 9.17) is 4.42 Å². The van der Waals surface area contributed by atoms with Gasteiger partial charge in [0.1, 0.15) is 5.52 Å². The molecule has 26 heavy (non-hydrogen) atoms. The number of hydrogen-bond donors (Lipinski definition) is 0. The van der Waals surface area contributed by atoms with E-state index in [0.717, 1.165) is 36.9 Å². The van der Waals surface area contributed by atoms with Crippen molar-refractivity contribution in [2.75, 3.05) is 6.54 Å². The van der Waals surface area contributed by atoms with Crippen LogP contribution in [0.25, 0.3) is 17.2 Å². The molecule has 0 spiro atoms. The first-order valence-electron chi connectivity index (χ1n) is 9.18. The zero-order chi connectivity index (χ0) is 17.8. The number of benzene rings is 2. The summed E-state index contributed by atoms with van der Waals surface area (Å²) in [6.07, 6.45) is 7.47. The molecule has 0 aliphatic carbocycles. The number of para-hydroxylation sites is 2. The molecule has 1 aliphatic heterocycles. The van der Waals surface area contributed by atoms with E-state index in [1.165, 1.54) is 12.0 Å². The molecule has 4 rings (SSSR count). The van der Waals surface area contributed by atoms with Crippen LogP contribution in [-0.4, -0.2) is 28.4 Å². The van der Waals surface area contributed by atoms with Crippen LogP contribution < -0.4 is 0 Å². The minimum atomic E-state index is 0.0351. The number of aromatic nitrogens is 1. The number of hydrogen-bond acceptors (Lipinski definition) is 3. The number of likely N-dealkylation sites (tertiary alicyclic amines) is 1. The summed E-state index contributed by atoms with van der Waals surface area (Å²) < 4.78 is 5.66. The second-order valence-corrected chi connectivity index (χ2v) is 6.72. The molecule has 0 saturated carbocycles. The number of piperidine rings is 1. The van der Waals surface area contributed by atoms with Gasteiger partial charge in [-0.15, -0.1) is 0 Å². The van der Waals surface area contributed by atoms with Crippen molar-refractivity contribution in [2.24, 2.45) is 0 Å². The zero-order valence-corrected chi connectivity index (χ0v) is 14.7. The van der Waals surface area contributed by atoms with Crippen LogP contribution in [0.4, 0.5) is 0 Å². The molecule has 1 saturated heterocycles. The van der Waals surface area contributed by atoms with Crippen molar-refractivity contribution in [1.82, 2.24) is 9.88 Å². The van der Waals surface area contributed by atoms with E-state index in [-0.39, 0.29) is 11.9 Å². The highest BCUT2D eigenvalue weighted by Crippen LogP contribution is 2.22. The van der Waals surface area contributed by atoms with Crippen molar-refractivity contribution in [2.45, 2.75) is 31.7 Å². The second kappa shape index (κ2) is 7.56. The van der Waals surface area contributed by atoms with Crippen molar-refractivity contribution in [1.29, 1.82) is 0 Å². The molecular formula is C22H22N2O2. The molecule has 0 N–H and O–H groups in total. The minimum Gasteiger partial charge on any atom is -0.437 e. The number of carbonyl (C=O) groups is 1. The van der Waals surface area contributed by atoms with Crippen LogP contribution in [-0.2, 0) is 11.2 Å². The van der Waals surface area contributed by atoms with Crippen molar-refractivity contribution >= 4 is 23.1 Å². The first kappa shape index (κ1) is 16.6. The predicted molar refractivity (Wildman–Crippen MR) is 103 cm³/mol. The monoisotopic (exact) mass is 346 g/mol. The first-order chi connectivity index (χ1) is 12.8. The fourth-order valence-electron chi connectivity index (χ4n) is 3.59. The van der Waals surface area contributed by atoms with Crippen LogP contribution in [0, 0.1) is 0 Å². The Labute approximate surface area is 153 Å². The maximum Gasteiger partial charge on any atom is 0.247 e. The summed E-state index contributed by atoms with van der Waals surface area (Å²) in [6, 6.07) is 18.3. The number of nitrogens with zero attached hydrogens (tertiary/aromatic N) is 2. The summed E-state index contributed by atoms with van der Waals surface area (Å²) in [7, 11) is 0. The van der Waals surface area contributed by atoms with Crippen molar-refractivity contribution < 1.29 is 9.21 Å². The Balaban J connectivity index is 1.47. The fraction of sp³-hybridized carbons (Fsp3) is 0.273. The molecular weight excluding hydrogens is 324 g/mol. The van der Waals surface area contributed by atoms with Gasteiger partial charge in [0.25, 0.3) is 0 Å². The summed E-state index contributed by atoms with van der Waals surface area (Å²) in [4.78, 5) is 19.1. The third-order valence-electron chi connectivity index (χ3n) is 4.90. The van der Waals surface area contributed by atoms with Crippen LogP contribution in [0.1, 0.15) is 30.7 Å². The molecule has 1 amide bonds. The molecule has 1 atom stereocenters. The van der Waals surface area contributed by atoms with E-state index in [0.29, 0.717) is 5.89 Å². The third kappa shape index (κ3) is 3.69. The molecule has 1 aliphatic rings. The molecule has 132 valence electrons. The standard InChI is InChI=1S/C22H22N2O2/c25-22(14-13-21-23-19-11-4-5-12-20(19)26-21)24-15-7-6-10-18(24)16-17-8-2-1-3-9-17/h1-5,8-9,11-14,18H,6-7,10,15-16H2/b14-13+/t18-/m0/s1. The van der Waals surface area contributed by atoms with Crippen LogP contribution in [0.3, 0.4) is 0 Å². The van der Waals surface area contributed by atoms with Crippen molar-refractivity contribution in [3.63, 3.8) is 0 Å². The van der Waals surface area contributed by atoms with E-state index in [9.17, 15) is 4.79 Å². The highest BCUT2D eigenvalue weighted by molar-refractivity contribution is 5.91. The summed E-state index contributed by atoms with van der Waals surface area (Å²) in [5, 5.41) is 0. The van der Waals surface area contributed by atoms with Gasteiger partial charge in [-0.25, -0.2) is 4.98 Å². The summed E-state index contributed by atoms with van der Waals surface area (Å²) >= 11 is 0. The minimum absolute atomic E-state index is 0.0351. The lowest BCUT2D eigenvalue weighted by molar-refractivity contribution is -0.129. The lowest BCUT2D eigenvalue weighted by atomic mass is 9.95. The molecule has 0 unspecified atom stereocenters. The van der Waals surface area contributed by atoms with Crippen LogP contribution in [0.15, 0.2) is 65.1 Å². The number of carbonyl (C=O) groups excluding carboxylic acids is 1. The lowest BCUT2D eigenvalue weighted by Crippen LogP contribution is -2.44. The SMILES string of the molecule is O=C(/C=C/c1nc2ccccc2o1)N1CCCC[C@H]1Cc1ccccc1. The van der Waals surface area contributed by atoms with Gasteiger partial charge in [0.2, 0.25) is 11.8 Å². The average Bonchev–Trinajstić information content (AvgIpc) is 3.10. The number of rotatable bonds is 4. The molecule has 0 radical (unpaired) electrons.